The van der Waals surface area contributed by atoms with Gasteiger partial charge in [0.15, 0.2) is 0 Å². The van der Waals surface area contributed by atoms with Gasteiger partial charge < -0.3 is 10.3 Å². The van der Waals surface area contributed by atoms with Gasteiger partial charge in [0.05, 0.1) is 0 Å². The number of hydrazine groups is 1. The van der Waals surface area contributed by atoms with Crippen molar-refractivity contribution >= 4 is 5.91 Å². The Morgan fingerprint density at radius 1 is 1.70 bits per heavy atom. The van der Waals surface area contributed by atoms with E-state index < -0.39 is 11.9 Å². The molecule has 6 nitrogen and oxygen atoms in total. The lowest BCUT2D eigenvalue weighted by atomic mass is 10.2. The van der Waals surface area contributed by atoms with E-state index in [1.54, 1.807) is 5.48 Å². The largest absolute Gasteiger partial charge is 0.396 e. The van der Waals surface area contributed by atoms with Gasteiger partial charge in [-0.1, -0.05) is 0 Å². The highest BCUT2D eigenvalue weighted by atomic mass is 16.5. The van der Waals surface area contributed by atoms with Gasteiger partial charge in [-0.15, -0.1) is 0 Å². The van der Waals surface area contributed by atoms with Crippen LogP contribution in [0.1, 0.15) is 6.42 Å². The number of carbonyl (C=O) groups excluding carboxylic acids is 1. The van der Waals surface area contributed by atoms with Crippen LogP contribution in [0.25, 0.3) is 0 Å². The molecule has 0 bridgehead atoms. The molecule has 6 heteroatoms. The summed E-state index contributed by atoms with van der Waals surface area (Å²) in [5.74, 6) is 4.19. The highest BCUT2D eigenvalue weighted by molar-refractivity contribution is 5.80. The zero-order valence-electron chi connectivity index (χ0n) is 5.37. The summed E-state index contributed by atoms with van der Waals surface area (Å²) >= 11 is 0. The molecule has 0 aliphatic rings. The summed E-state index contributed by atoms with van der Waals surface area (Å²) in [5.41, 5.74) is 3.53. The Morgan fingerprint density at radius 3 is 2.60 bits per heavy atom. The van der Waals surface area contributed by atoms with Crippen LogP contribution in [0.2, 0.25) is 0 Å². The standard InChI is InChI=1S/C4H11N3O3/c5-6-4(9)3(7-10)1-2-8/h3,7-8,10H,1-2,5H2,(H,6,9). The second-order valence-electron chi connectivity index (χ2n) is 1.70. The summed E-state index contributed by atoms with van der Waals surface area (Å²) in [7, 11) is 0. The van der Waals surface area contributed by atoms with Crippen molar-refractivity contribution in [2.75, 3.05) is 6.61 Å². The van der Waals surface area contributed by atoms with E-state index in [-0.39, 0.29) is 13.0 Å². The van der Waals surface area contributed by atoms with Crippen molar-refractivity contribution in [3.63, 3.8) is 0 Å². The summed E-state index contributed by atoms with van der Waals surface area (Å²) in [6.07, 6.45) is 0.125. The summed E-state index contributed by atoms with van der Waals surface area (Å²) in [5, 5.41) is 16.6. The van der Waals surface area contributed by atoms with Gasteiger partial charge in [0.1, 0.15) is 6.04 Å². The molecular weight excluding hydrogens is 138 g/mol. The van der Waals surface area contributed by atoms with Gasteiger partial charge in [0.2, 0.25) is 0 Å². The average Bonchev–Trinajstić information content (AvgIpc) is 1.99. The number of nitrogens with one attached hydrogen (secondary N) is 2. The lowest BCUT2D eigenvalue weighted by molar-refractivity contribution is -0.126. The van der Waals surface area contributed by atoms with Crippen LogP contribution >= 0.6 is 0 Å². The average molecular weight is 149 g/mol. The van der Waals surface area contributed by atoms with Crippen LogP contribution < -0.4 is 16.7 Å². The minimum atomic E-state index is -0.838. The van der Waals surface area contributed by atoms with Gasteiger partial charge in [0.25, 0.3) is 5.91 Å². The van der Waals surface area contributed by atoms with Crippen LogP contribution in [0.4, 0.5) is 0 Å². The predicted octanol–water partition coefficient (Wildman–Crippen LogP) is -2.29. The molecule has 6 N–H and O–H groups in total. The molecule has 0 fully saturated rings. The van der Waals surface area contributed by atoms with Crippen LogP contribution in [0.5, 0.6) is 0 Å². The Labute approximate surface area is 57.9 Å². The van der Waals surface area contributed by atoms with Crippen LogP contribution in [0, 0.1) is 0 Å². The molecule has 1 unspecified atom stereocenters. The molecule has 0 aromatic heterocycles. The molecule has 0 saturated carbocycles. The first-order valence-corrected chi connectivity index (χ1v) is 2.77. The Hall–Kier alpha value is -0.690. The van der Waals surface area contributed by atoms with Crippen molar-refractivity contribution in [1.29, 1.82) is 0 Å². The summed E-state index contributed by atoms with van der Waals surface area (Å²) in [4.78, 5) is 10.6. The first-order chi connectivity index (χ1) is 4.76. The second kappa shape index (κ2) is 5.12. The van der Waals surface area contributed by atoms with Gasteiger partial charge in [-0.05, 0) is 6.42 Å². The molecule has 0 aromatic rings. The van der Waals surface area contributed by atoms with Crippen molar-refractivity contribution < 1.29 is 15.1 Å². The van der Waals surface area contributed by atoms with E-state index in [1.807, 2.05) is 5.43 Å². The summed E-state index contributed by atoms with van der Waals surface area (Å²) < 4.78 is 0. The lowest BCUT2D eigenvalue weighted by Crippen LogP contribution is -2.46. The Kier molecular flexibility index (Phi) is 4.77. The molecular formula is C4H11N3O3. The van der Waals surface area contributed by atoms with Gasteiger partial charge in [0, 0.05) is 6.61 Å². The normalized spacial score (nSPS) is 12.7. The molecule has 0 spiro atoms. The highest BCUT2D eigenvalue weighted by Gasteiger charge is 2.14. The van der Waals surface area contributed by atoms with Crippen molar-refractivity contribution in [2.45, 2.75) is 12.5 Å². The summed E-state index contributed by atoms with van der Waals surface area (Å²) in [6.45, 7) is -0.189. The molecule has 0 aliphatic heterocycles. The molecule has 0 radical (unpaired) electrons. The number of rotatable bonds is 4. The quantitative estimate of drug-likeness (QED) is 0.175. The molecule has 0 aliphatic carbocycles. The van der Waals surface area contributed by atoms with E-state index in [0.717, 1.165) is 0 Å². The van der Waals surface area contributed by atoms with Crippen LogP contribution in [-0.4, -0.2) is 28.9 Å². The number of hydroxylamine groups is 1. The number of aliphatic hydroxyl groups excluding tert-OH is 1. The highest BCUT2D eigenvalue weighted by Crippen LogP contribution is 1.87. The number of carbonyl (C=O) groups is 1. The number of amides is 1. The maximum atomic E-state index is 10.6. The molecule has 0 aromatic carbocycles. The summed E-state index contributed by atoms with van der Waals surface area (Å²) in [6, 6.07) is -0.838. The van der Waals surface area contributed by atoms with E-state index in [0.29, 0.717) is 0 Å². The molecule has 0 rings (SSSR count). The fourth-order valence-corrected chi connectivity index (χ4v) is 0.484. The lowest BCUT2D eigenvalue weighted by Gasteiger charge is -2.10. The van der Waals surface area contributed by atoms with Crippen molar-refractivity contribution in [3.05, 3.63) is 0 Å². The maximum Gasteiger partial charge on any atom is 0.253 e. The molecule has 60 valence electrons. The van der Waals surface area contributed by atoms with Crippen molar-refractivity contribution in [1.82, 2.24) is 10.9 Å². The van der Waals surface area contributed by atoms with E-state index in [4.69, 9.17) is 16.2 Å². The molecule has 0 saturated heterocycles. The van der Waals surface area contributed by atoms with E-state index in [2.05, 4.69) is 0 Å². The van der Waals surface area contributed by atoms with Crippen molar-refractivity contribution in [3.8, 4) is 0 Å². The third-order valence-corrected chi connectivity index (χ3v) is 1.03. The SMILES string of the molecule is NNC(=O)C(CCO)NO. The molecule has 1 atom stereocenters. The first kappa shape index (κ1) is 9.31. The fraction of sp³-hybridized carbons (Fsp3) is 0.750. The number of hydrogen-bond donors (Lipinski definition) is 5. The Balaban J connectivity index is 3.68. The first-order valence-electron chi connectivity index (χ1n) is 2.77. The number of nitrogens with two attached hydrogens (primary N) is 1. The third kappa shape index (κ3) is 2.74. The fourth-order valence-electron chi connectivity index (χ4n) is 0.484. The van der Waals surface area contributed by atoms with Crippen molar-refractivity contribution in [2.24, 2.45) is 5.84 Å². The third-order valence-electron chi connectivity index (χ3n) is 1.03. The Morgan fingerprint density at radius 2 is 2.30 bits per heavy atom. The van der Waals surface area contributed by atoms with Crippen LogP contribution in [0.3, 0.4) is 0 Å². The minimum Gasteiger partial charge on any atom is -0.396 e. The van der Waals surface area contributed by atoms with Gasteiger partial charge in [-0.3, -0.25) is 10.2 Å². The van der Waals surface area contributed by atoms with Crippen LogP contribution in [-0.2, 0) is 4.79 Å². The zero-order chi connectivity index (χ0) is 7.98. The van der Waals surface area contributed by atoms with E-state index in [1.165, 1.54) is 0 Å². The number of aliphatic hydroxyl groups is 1. The van der Waals surface area contributed by atoms with E-state index >= 15 is 0 Å². The predicted molar refractivity (Wildman–Crippen MR) is 32.7 cm³/mol. The maximum absolute atomic E-state index is 10.6. The van der Waals surface area contributed by atoms with Gasteiger partial charge >= 0.3 is 0 Å². The second-order valence-corrected chi connectivity index (χ2v) is 1.70. The van der Waals surface area contributed by atoms with E-state index in [9.17, 15) is 4.79 Å². The Bertz CT molecular complexity index is 108. The minimum absolute atomic E-state index is 0.125. The number of hydrogen-bond acceptors (Lipinski definition) is 5. The van der Waals surface area contributed by atoms with Crippen LogP contribution in [0.15, 0.2) is 0 Å². The smallest absolute Gasteiger partial charge is 0.253 e. The molecule has 0 heterocycles. The molecule has 10 heavy (non-hydrogen) atoms. The van der Waals surface area contributed by atoms with Gasteiger partial charge in [-0.25, -0.2) is 5.84 Å². The topological polar surface area (TPSA) is 108 Å². The van der Waals surface area contributed by atoms with Gasteiger partial charge in [-0.2, -0.15) is 5.48 Å². The zero-order valence-corrected chi connectivity index (χ0v) is 5.37. The molecule has 1 amide bonds. The monoisotopic (exact) mass is 149 g/mol.